The highest BCUT2D eigenvalue weighted by molar-refractivity contribution is 9.11. The van der Waals surface area contributed by atoms with Gasteiger partial charge < -0.3 is 5.11 Å². The summed E-state index contributed by atoms with van der Waals surface area (Å²) < 4.78 is 1.16. The molecular formula is C16H21BrOS. The van der Waals surface area contributed by atoms with Crippen LogP contribution in [0.25, 0.3) is 0 Å². The zero-order chi connectivity index (χ0) is 13.2. The van der Waals surface area contributed by atoms with Crippen molar-refractivity contribution < 1.29 is 5.11 Å². The maximum Gasteiger partial charge on any atom is 0.0857 e. The van der Waals surface area contributed by atoms with Gasteiger partial charge in [-0.3, -0.25) is 0 Å². The molecule has 1 aromatic rings. The van der Waals surface area contributed by atoms with Gasteiger partial charge in [-0.2, -0.15) is 0 Å². The second-order valence-corrected chi connectivity index (χ2v) is 9.88. The Labute approximate surface area is 127 Å². The molecule has 4 bridgehead atoms. The molecule has 0 radical (unpaired) electrons. The Hall–Kier alpha value is 0.140. The lowest BCUT2D eigenvalue weighted by atomic mass is 9.47. The minimum Gasteiger partial charge on any atom is -0.388 e. The highest BCUT2D eigenvalue weighted by Gasteiger charge is 2.54. The average molecular weight is 341 g/mol. The Morgan fingerprint density at radius 3 is 2.16 bits per heavy atom. The maximum atomic E-state index is 11.1. The molecule has 0 amide bonds. The lowest BCUT2D eigenvalue weighted by Gasteiger charge is -2.58. The van der Waals surface area contributed by atoms with Crippen LogP contribution in [0.2, 0.25) is 0 Å². The molecule has 4 saturated carbocycles. The monoisotopic (exact) mass is 340 g/mol. The number of aliphatic hydroxyl groups is 1. The number of hydrogen-bond donors (Lipinski definition) is 1. The van der Waals surface area contributed by atoms with Gasteiger partial charge in [0.05, 0.1) is 9.89 Å². The minimum absolute atomic E-state index is 0.208. The van der Waals surface area contributed by atoms with E-state index in [2.05, 4.69) is 28.9 Å². The smallest absolute Gasteiger partial charge is 0.0857 e. The normalized spacial score (nSPS) is 41.7. The topological polar surface area (TPSA) is 20.2 Å². The summed E-state index contributed by atoms with van der Waals surface area (Å²) in [5.41, 5.74) is 1.40. The quantitative estimate of drug-likeness (QED) is 0.796. The van der Waals surface area contributed by atoms with Crippen molar-refractivity contribution in [2.24, 2.45) is 23.2 Å². The van der Waals surface area contributed by atoms with Crippen LogP contribution in [0.1, 0.15) is 55.1 Å². The molecule has 1 unspecified atom stereocenters. The van der Waals surface area contributed by atoms with Crippen LogP contribution >= 0.6 is 27.3 Å². The Morgan fingerprint density at radius 1 is 1.21 bits per heavy atom. The molecule has 0 aliphatic heterocycles. The van der Waals surface area contributed by atoms with Crippen molar-refractivity contribution in [2.45, 2.75) is 51.6 Å². The van der Waals surface area contributed by atoms with Gasteiger partial charge in [0.1, 0.15) is 0 Å². The molecule has 104 valence electrons. The van der Waals surface area contributed by atoms with E-state index in [1.165, 1.54) is 49.0 Å². The molecular weight excluding hydrogens is 320 g/mol. The fourth-order valence-corrected chi connectivity index (χ4v) is 7.31. The van der Waals surface area contributed by atoms with E-state index in [4.69, 9.17) is 0 Å². The van der Waals surface area contributed by atoms with Gasteiger partial charge in [0.25, 0.3) is 0 Å². The summed E-state index contributed by atoms with van der Waals surface area (Å²) >= 11 is 5.33. The van der Waals surface area contributed by atoms with Crippen molar-refractivity contribution in [3.05, 3.63) is 20.3 Å². The molecule has 1 nitrogen and oxygen atoms in total. The van der Waals surface area contributed by atoms with E-state index in [0.717, 1.165) is 21.5 Å². The van der Waals surface area contributed by atoms with Crippen molar-refractivity contribution in [1.29, 1.82) is 0 Å². The maximum absolute atomic E-state index is 11.1. The number of halogens is 1. The third-order valence-electron chi connectivity index (χ3n) is 5.89. The van der Waals surface area contributed by atoms with Crippen LogP contribution in [0.3, 0.4) is 0 Å². The van der Waals surface area contributed by atoms with E-state index in [0.29, 0.717) is 0 Å². The lowest BCUT2D eigenvalue weighted by Crippen LogP contribution is -2.48. The second-order valence-electron chi connectivity index (χ2n) is 7.24. The highest BCUT2D eigenvalue weighted by Crippen LogP contribution is 2.64. The molecule has 0 saturated heterocycles. The number of rotatable bonds is 2. The van der Waals surface area contributed by atoms with Crippen LogP contribution in [0, 0.1) is 30.1 Å². The first-order valence-corrected chi connectivity index (χ1v) is 9.10. The van der Waals surface area contributed by atoms with Gasteiger partial charge in [0, 0.05) is 10.3 Å². The van der Waals surface area contributed by atoms with Crippen LogP contribution in [-0.4, -0.2) is 5.11 Å². The van der Waals surface area contributed by atoms with Gasteiger partial charge in [0.15, 0.2) is 0 Å². The van der Waals surface area contributed by atoms with Crippen LogP contribution in [0.4, 0.5) is 0 Å². The van der Waals surface area contributed by atoms with E-state index < -0.39 is 0 Å². The van der Waals surface area contributed by atoms with Crippen LogP contribution < -0.4 is 0 Å². The Morgan fingerprint density at radius 2 is 1.74 bits per heavy atom. The number of thiophene rings is 1. The predicted octanol–water partition coefficient (Wildman–Crippen LogP) is 5.07. The van der Waals surface area contributed by atoms with Crippen molar-refractivity contribution >= 4 is 27.3 Å². The van der Waals surface area contributed by atoms with Crippen molar-refractivity contribution in [1.82, 2.24) is 0 Å². The molecule has 1 heterocycles. The summed E-state index contributed by atoms with van der Waals surface area (Å²) in [5.74, 6) is 2.72. The van der Waals surface area contributed by atoms with Gasteiger partial charge in [-0.05, 0) is 90.8 Å². The minimum atomic E-state index is -0.233. The molecule has 3 heteroatoms. The van der Waals surface area contributed by atoms with E-state index in [-0.39, 0.29) is 11.5 Å². The van der Waals surface area contributed by atoms with Crippen LogP contribution in [-0.2, 0) is 0 Å². The second kappa shape index (κ2) is 4.32. The lowest BCUT2D eigenvalue weighted by molar-refractivity contribution is -0.122. The molecule has 1 N–H and O–H groups in total. The molecule has 5 rings (SSSR count). The van der Waals surface area contributed by atoms with Crippen molar-refractivity contribution in [3.8, 4) is 0 Å². The molecule has 4 aliphatic carbocycles. The fraction of sp³-hybridized carbons (Fsp3) is 0.750. The van der Waals surface area contributed by atoms with E-state index in [1.54, 1.807) is 11.3 Å². The summed E-state index contributed by atoms with van der Waals surface area (Å²) in [7, 11) is 0. The van der Waals surface area contributed by atoms with E-state index in [9.17, 15) is 5.11 Å². The molecule has 0 spiro atoms. The van der Waals surface area contributed by atoms with Gasteiger partial charge in [-0.25, -0.2) is 0 Å². The van der Waals surface area contributed by atoms with Crippen molar-refractivity contribution in [2.75, 3.05) is 0 Å². The molecule has 4 fully saturated rings. The number of aliphatic hydroxyl groups excluding tert-OH is 1. The highest BCUT2D eigenvalue weighted by atomic mass is 79.9. The summed E-state index contributed by atoms with van der Waals surface area (Å²) in [6, 6.07) is 2.16. The van der Waals surface area contributed by atoms with Gasteiger partial charge >= 0.3 is 0 Å². The Balaban J connectivity index is 1.69. The SMILES string of the molecule is Cc1sc(Br)cc1C(O)C12CC3CC(CC(C3)C1)C2. The first kappa shape index (κ1) is 12.8. The van der Waals surface area contributed by atoms with Gasteiger partial charge in [0.2, 0.25) is 0 Å². The largest absolute Gasteiger partial charge is 0.388 e. The Bertz CT molecular complexity index is 472. The zero-order valence-electron chi connectivity index (χ0n) is 11.4. The van der Waals surface area contributed by atoms with Gasteiger partial charge in [-0.1, -0.05) is 0 Å². The Kier molecular flexibility index (Phi) is 2.92. The molecule has 0 aromatic carbocycles. The third kappa shape index (κ3) is 1.96. The number of aryl methyl sites for hydroxylation is 1. The van der Waals surface area contributed by atoms with Crippen LogP contribution in [0.5, 0.6) is 0 Å². The molecule has 19 heavy (non-hydrogen) atoms. The summed E-state index contributed by atoms with van der Waals surface area (Å²) in [6.45, 7) is 2.15. The first-order chi connectivity index (χ1) is 9.06. The summed E-state index contributed by atoms with van der Waals surface area (Å²) in [5, 5.41) is 11.1. The van der Waals surface area contributed by atoms with Gasteiger partial charge in [-0.15, -0.1) is 11.3 Å². The summed E-state index contributed by atoms with van der Waals surface area (Å²) in [6.07, 6.45) is 7.91. The summed E-state index contributed by atoms with van der Waals surface area (Å²) in [4.78, 5) is 1.29. The molecule has 1 atom stereocenters. The standard InChI is InChI=1S/C16H21BrOS/c1-9-13(5-14(17)19-9)15(18)16-6-10-2-11(7-16)4-12(3-10)8-16/h5,10-12,15,18H,2-4,6-8H2,1H3. The molecule has 1 aromatic heterocycles. The predicted molar refractivity (Wildman–Crippen MR) is 82.3 cm³/mol. The van der Waals surface area contributed by atoms with E-state index in [1.807, 2.05) is 0 Å². The van der Waals surface area contributed by atoms with E-state index >= 15 is 0 Å². The number of hydrogen-bond acceptors (Lipinski definition) is 2. The molecule has 4 aliphatic rings. The zero-order valence-corrected chi connectivity index (χ0v) is 13.8. The van der Waals surface area contributed by atoms with Crippen molar-refractivity contribution in [3.63, 3.8) is 0 Å². The third-order valence-corrected chi connectivity index (χ3v) is 7.46. The average Bonchev–Trinajstić information content (AvgIpc) is 2.65. The first-order valence-electron chi connectivity index (χ1n) is 7.50. The van der Waals surface area contributed by atoms with Crippen LogP contribution in [0.15, 0.2) is 9.85 Å². The fourth-order valence-electron chi connectivity index (χ4n) is 5.57.